The van der Waals surface area contributed by atoms with Gasteiger partial charge in [0.2, 0.25) is 0 Å². The number of nitrogens with one attached hydrogen (secondary N) is 1. The third kappa shape index (κ3) is 3.30. The highest BCUT2D eigenvalue weighted by Crippen LogP contribution is 2.37. The van der Waals surface area contributed by atoms with Gasteiger partial charge in [0.25, 0.3) is 0 Å². The molecule has 0 fully saturated rings. The van der Waals surface area contributed by atoms with Crippen LogP contribution in [0.2, 0.25) is 10.0 Å². The van der Waals surface area contributed by atoms with Gasteiger partial charge in [-0.25, -0.2) is 0 Å². The van der Waals surface area contributed by atoms with Gasteiger partial charge in [0.05, 0.1) is 16.6 Å². The molecule has 1 N–H and O–H groups in total. The Bertz CT molecular complexity index is 590. The highest BCUT2D eigenvalue weighted by Gasteiger charge is 2.19. The predicted molar refractivity (Wildman–Crippen MR) is 86.8 cm³/mol. The van der Waals surface area contributed by atoms with Gasteiger partial charge < -0.3 is 9.73 Å². The van der Waals surface area contributed by atoms with E-state index in [0.29, 0.717) is 21.5 Å². The van der Waals surface area contributed by atoms with E-state index in [2.05, 4.69) is 26.1 Å². The number of rotatable bonds is 6. The summed E-state index contributed by atoms with van der Waals surface area (Å²) in [6, 6.07) is 3.63. The van der Waals surface area contributed by atoms with Gasteiger partial charge in [-0.15, -0.1) is 0 Å². The predicted octanol–water partition coefficient (Wildman–Crippen LogP) is 5.44. The maximum absolute atomic E-state index is 6.35. The summed E-state index contributed by atoms with van der Waals surface area (Å²) >= 11 is 12.6. The number of fused-ring (bicyclic) bond motifs is 1. The highest BCUT2D eigenvalue weighted by molar-refractivity contribution is 6.40. The Kier molecular flexibility index (Phi) is 5.36. The zero-order valence-corrected chi connectivity index (χ0v) is 13.7. The van der Waals surface area contributed by atoms with Gasteiger partial charge in [0.15, 0.2) is 5.58 Å². The molecule has 1 aromatic heterocycles. The lowest BCUT2D eigenvalue weighted by molar-refractivity contribution is 0.501. The fourth-order valence-corrected chi connectivity index (χ4v) is 2.84. The average Bonchev–Trinajstić information content (AvgIpc) is 2.74. The maximum Gasteiger partial charge on any atom is 0.154 e. The molecule has 0 bridgehead atoms. The van der Waals surface area contributed by atoms with Crippen LogP contribution in [0, 0.1) is 5.92 Å². The van der Waals surface area contributed by atoms with Gasteiger partial charge in [-0.1, -0.05) is 44.0 Å². The Labute approximate surface area is 130 Å². The molecule has 20 heavy (non-hydrogen) atoms. The molecule has 0 amide bonds. The fraction of sp³-hybridized carbons (Fsp3) is 0.500. The molecule has 2 nitrogen and oxygen atoms in total. The van der Waals surface area contributed by atoms with Gasteiger partial charge in [-0.3, -0.25) is 0 Å². The van der Waals surface area contributed by atoms with E-state index in [1.54, 1.807) is 6.07 Å². The first-order chi connectivity index (χ1) is 9.54. The Morgan fingerprint density at radius 1 is 1.20 bits per heavy atom. The van der Waals surface area contributed by atoms with E-state index in [-0.39, 0.29) is 0 Å². The summed E-state index contributed by atoms with van der Waals surface area (Å²) in [5, 5.41) is 5.69. The molecule has 2 rings (SSSR count). The molecule has 0 atom stereocenters. The first kappa shape index (κ1) is 15.7. The van der Waals surface area contributed by atoms with Crippen LogP contribution in [0.4, 0.5) is 0 Å². The van der Waals surface area contributed by atoms with Crippen LogP contribution < -0.4 is 5.32 Å². The number of furan rings is 1. The second-order valence-corrected chi connectivity index (χ2v) is 6.33. The van der Waals surface area contributed by atoms with E-state index in [1.807, 2.05) is 6.07 Å². The monoisotopic (exact) mass is 313 g/mol. The summed E-state index contributed by atoms with van der Waals surface area (Å²) in [5.74, 6) is 1.49. The Hall–Kier alpha value is -0.700. The smallest absolute Gasteiger partial charge is 0.154 e. The van der Waals surface area contributed by atoms with Crippen molar-refractivity contribution in [1.82, 2.24) is 5.32 Å². The summed E-state index contributed by atoms with van der Waals surface area (Å²) in [4.78, 5) is 0. The van der Waals surface area contributed by atoms with Crippen LogP contribution in [0.3, 0.4) is 0 Å². The minimum absolute atomic E-state index is 0.538. The first-order valence-corrected chi connectivity index (χ1v) is 7.89. The zero-order chi connectivity index (χ0) is 14.7. The molecule has 110 valence electrons. The van der Waals surface area contributed by atoms with Crippen LogP contribution in [0.15, 0.2) is 16.5 Å². The molecule has 0 saturated heterocycles. The average molecular weight is 314 g/mol. The first-order valence-electron chi connectivity index (χ1n) is 7.13. The molecule has 0 aliphatic heterocycles. The van der Waals surface area contributed by atoms with Crippen molar-refractivity contribution in [2.75, 3.05) is 6.54 Å². The topological polar surface area (TPSA) is 25.2 Å². The molecule has 0 saturated carbocycles. The van der Waals surface area contributed by atoms with Crippen LogP contribution in [-0.2, 0) is 13.0 Å². The van der Waals surface area contributed by atoms with Gasteiger partial charge in [-0.05, 0) is 37.4 Å². The Morgan fingerprint density at radius 3 is 2.55 bits per heavy atom. The maximum atomic E-state index is 6.35. The van der Waals surface area contributed by atoms with Crippen molar-refractivity contribution in [1.29, 1.82) is 0 Å². The zero-order valence-electron chi connectivity index (χ0n) is 12.2. The summed E-state index contributed by atoms with van der Waals surface area (Å²) in [6.07, 6.45) is 2.04. The molecule has 0 aliphatic carbocycles. The van der Waals surface area contributed by atoms with Gasteiger partial charge in [0.1, 0.15) is 5.76 Å². The van der Waals surface area contributed by atoms with Crippen molar-refractivity contribution in [3.8, 4) is 0 Å². The van der Waals surface area contributed by atoms with Crippen molar-refractivity contribution in [2.45, 2.75) is 40.2 Å². The van der Waals surface area contributed by atoms with Crippen LogP contribution in [0.5, 0.6) is 0 Å². The van der Waals surface area contributed by atoms with Crippen LogP contribution in [-0.4, -0.2) is 6.54 Å². The van der Waals surface area contributed by atoms with E-state index >= 15 is 0 Å². The van der Waals surface area contributed by atoms with Crippen molar-refractivity contribution in [3.05, 3.63) is 33.5 Å². The third-order valence-electron chi connectivity index (χ3n) is 3.25. The summed E-state index contributed by atoms with van der Waals surface area (Å²) in [6.45, 7) is 8.23. The van der Waals surface area contributed by atoms with Crippen molar-refractivity contribution < 1.29 is 4.42 Å². The van der Waals surface area contributed by atoms with E-state index < -0.39 is 0 Å². The van der Waals surface area contributed by atoms with Crippen LogP contribution in [0.25, 0.3) is 11.0 Å². The molecule has 0 unspecified atom stereocenters. The Balaban J connectivity index is 2.49. The Morgan fingerprint density at radius 2 is 1.90 bits per heavy atom. The number of hydrogen-bond donors (Lipinski definition) is 1. The van der Waals surface area contributed by atoms with Gasteiger partial charge in [0, 0.05) is 10.9 Å². The minimum Gasteiger partial charge on any atom is -0.458 e. The molecule has 0 spiro atoms. The second kappa shape index (κ2) is 6.84. The summed E-state index contributed by atoms with van der Waals surface area (Å²) in [7, 11) is 0. The fourth-order valence-electron chi connectivity index (χ4n) is 2.38. The standard InChI is InChI=1S/C16H21Cl2NO/c1-4-7-19-9-14-11(8-10(2)3)15-12(17)5-6-13(18)16(15)20-14/h5-6,10,19H,4,7-9H2,1-3H3. The van der Waals surface area contributed by atoms with Crippen LogP contribution >= 0.6 is 23.2 Å². The lowest BCUT2D eigenvalue weighted by atomic mass is 9.99. The molecule has 2 aromatic rings. The van der Waals surface area contributed by atoms with E-state index in [9.17, 15) is 0 Å². The molecule has 0 aliphatic rings. The SMILES string of the molecule is CCCNCc1oc2c(Cl)ccc(Cl)c2c1CC(C)C. The lowest BCUT2D eigenvalue weighted by Crippen LogP contribution is -2.14. The lowest BCUT2D eigenvalue weighted by Gasteiger charge is -2.07. The van der Waals surface area contributed by atoms with Gasteiger partial charge >= 0.3 is 0 Å². The molecule has 1 aromatic carbocycles. The number of benzene rings is 1. The van der Waals surface area contributed by atoms with Crippen molar-refractivity contribution >= 4 is 34.2 Å². The number of halogens is 2. The van der Waals surface area contributed by atoms with Crippen molar-refractivity contribution in [3.63, 3.8) is 0 Å². The van der Waals surface area contributed by atoms with Gasteiger partial charge in [-0.2, -0.15) is 0 Å². The summed E-state index contributed by atoms with van der Waals surface area (Å²) in [5.41, 5.74) is 1.90. The van der Waals surface area contributed by atoms with E-state index in [0.717, 1.165) is 37.1 Å². The van der Waals surface area contributed by atoms with E-state index in [1.165, 1.54) is 5.56 Å². The number of hydrogen-bond acceptors (Lipinski definition) is 2. The summed E-state index contributed by atoms with van der Waals surface area (Å²) < 4.78 is 5.98. The molecule has 0 radical (unpaired) electrons. The second-order valence-electron chi connectivity index (χ2n) is 5.51. The van der Waals surface area contributed by atoms with Crippen molar-refractivity contribution in [2.24, 2.45) is 5.92 Å². The molecular weight excluding hydrogens is 293 g/mol. The normalized spacial score (nSPS) is 11.7. The largest absolute Gasteiger partial charge is 0.458 e. The third-order valence-corrected chi connectivity index (χ3v) is 3.86. The molecular formula is C16H21Cl2NO. The molecule has 4 heteroatoms. The van der Waals surface area contributed by atoms with E-state index in [4.69, 9.17) is 27.6 Å². The quantitative estimate of drug-likeness (QED) is 0.718. The highest BCUT2D eigenvalue weighted by atomic mass is 35.5. The minimum atomic E-state index is 0.538. The molecule has 1 heterocycles. The van der Waals surface area contributed by atoms with Crippen LogP contribution in [0.1, 0.15) is 38.5 Å².